The van der Waals surface area contributed by atoms with Gasteiger partial charge in [-0.2, -0.15) is 0 Å². The van der Waals surface area contributed by atoms with Crippen molar-refractivity contribution in [3.8, 4) is 5.75 Å². The molecule has 2 aliphatic rings. The van der Waals surface area contributed by atoms with Crippen LogP contribution >= 0.6 is 23.1 Å². The zero-order valence-corrected chi connectivity index (χ0v) is 19.4. The maximum atomic E-state index is 13.1. The molecule has 3 atom stereocenters. The van der Waals surface area contributed by atoms with E-state index in [-0.39, 0.29) is 17.3 Å². The Kier molecular flexibility index (Phi) is 5.74. The second-order valence-corrected chi connectivity index (χ2v) is 9.97. The summed E-state index contributed by atoms with van der Waals surface area (Å²) in [5.74, 6) is -2.23. The van der Waals surface area contributed by atoms with Crippen LogP contribution in [0.5, 0.6) is 5.75 Å². The quantitative estimate of drug-likeness (QED) is 0.523. The van der Waals surface area contributed by atoms with Crippen molar-refractivity contribution < 1.29 is 23.5 Å². The number of methoxy groups -OCH3 is 1. The van der Waals surface area contributed by atoms with Crippen molar-refractivity contribution in [2.45, 2.75) is 22.7 Å². The van der Waals surface area contributed by atoms with E-state index in [1.54, 1.807) is 19.2 Å². The molecule has 3 aromatic rings. The van der Waals surface area contributed by atoms with Gasteiger partial charge in [0.2, 0.25) is 17.7 Å². The third kappa shape index (κ3) is 3.90. The Hall–Kier alpha value is -3.44. The Labute approximate surface area is 201 Å². The van der Waals surface area contributed by atoms with Crippen LogP contribution in [0.3, 0.4) is 0 Å². The largest absolute Gasteiger partial charge is 0.497 e. The normalized spacial score (nSPS) is 20.9. The maximum Gasteiger partial charge on any atom is 0.308 e. The van der Waals surface area contributed by atoms with Gasteiger partial charge in [0.05, 0.1) is 18.1 Å². The van der Waals surface area contributed by atoms with E-state index in [0.29, 0.717) is 21.3 Å². The first-order valence-electron chi connectivity index (χ1n) is 10.3. The molecule has 1 fully saturated rings. The number of hydrogen-bond acceptors (Lipinski definition) is 7. The summed E-state index contributed by atoms with van der Waals surface area (Å²) < 4.78 is 19.7. The molecule has 0 saturated carbocycles. The second-order valence-electron chi connectivity index (χ2n) is 7.85. The summed E-state index contributed by atoms with van der Waals surface area (Å²) in [5.41, 5.74) is 1.17. The monoisotopic (exact) mass is 499 g/mol. The molecule has 174 valence electrons. The minimum absolute atomic E-state index is 0.280. The van der Waals surface area contributed by atoms with Crippen molar-refractivity contribution in [1.29, 1.82) is 0 Å². The highest BCUT2D eigenvalue weighted by Crippen LogP contribution is 2.51. The van der Waals surface area contributed by atoms with Crippen LogP contribution < -0.4 is 20.2 Å². The van der Waals surface area contributed by atoms with E-state index in [1.807, 2.05) is 12.1 Å². The molecule has 5 rings (SSSR count). The number of thioether (sulfide) groups is 1. The molecule has 2 N–H and O–H groups in total. The van der Waals surface area contributed by atoms with Gasteiger partial charge in [-0.1, -0.05) is 35.2 Å². The molecule has 0 unspecified atom stereocenters. The Morgan fingerprint density at radius 3 is 2.47 bits per heavy atom. The van der Waals surface area contributed by atoms with Crippen LogP contribution in [0.15, 0.2) is 58.4 Å². The molecule has 0 radical (unpaired) electrons. The number of nitrogens with zero attached hydrogens (tertiary/aromatic N) is 1. The highest BCUT2D eigenvalue weighted by atomic mass is 32.2. The van der Waals surface area contributed by atoms with Gasteiger partial charge in [-0.05, 0) is 42.0 Å². The second kappa shape index (κ2) is 8.73. The average molecular weight is 500 g/mol. The number of halogens is 1. The SMILES string of the molecule is COc1ccc([C@@H]2c3sc(=O)n(CC(=O)Nc4ccc(F)cc4)c3S[C@@H]3C(=O)NC(=O)[C@H]23)cc1. The van der Waals surface area contributed by atoms with Gasteiger partial charge in [0, 0.05) is 16.5 Å². The molecular formula is C23H18FN3O5S2. The Morgan fingerprint density at radius 2 is 1.79 bits per heavy atom. The van der Waals surface area contributed by atoms with Crippen LogP contribution in [-0.4, -0.2) is 34.6 Å². The van der Waals surface area contributed by atoms with E-state index in [2.05, 4.69) is 10.6 Å². The number of amides is 3. The summed E-state index contributed by atoms with van der Waals surface area (Å²) in [7, 11) is 1.55. The van der Waals surface area contributed by atoms with Crippen LogP contribution in [-0.2, 0) is 20.9 Å². The summed E-state index contributed by atoms with van der Waals surface area (Å²) >= 11 is 2.10. The van der Waals surface area contributed by atoms with E-state index in [4.69, 9.17) is 4.74 Å². The van der Waals surface area contributed by atoms with Crippen LogP contribution in [0.4, 0.5) is 10.1 Å². The molecule has 2 aliphatic heterocycles. The van der Waals surface area contributed by atoms with Crippen LogP contribution in [0.2, 0.25) is 0 Å². The van der Waals surface area contributed by atoms with Gasteiger partial charge < -0.3 is 10.1 Å². The third-order valence-electron chi connectivity index (χ3n) is 5.79. The van der Waals surface area contributed by atoms with Gasteiger partial charge in [-0.15, -0.1) is 0 Å². The number of hydrogen-bond donors (Lipinski definition) is 2. The molecule has 0 spiro atoms. The Bertz CT molecular complexity index is 1350. The summed E-state index contributed by atoms with van der Waals surface area (Å²) in [4.78, 5) is 51.1. The number of carbonyl (C=O) groups excluding carboxylic acids is 3. The summed E-state index contributed by atoms with van der Waals surface area (Å²) in [5, 5.41) is 4.82. The molecule has 1 aromatic heterocycles. The lowest BCUT2D eigenvalue weighted by atomic mass is 9.83. The Balaban J connectivity index is 1.52. The number of anilines is 1. The lowest BCUT2D eigenvalue weighted by molar-refractivity contribution is -0.126. The molecule has 3 heterocycles. The first kappa shape index (κ1) is 22.4. The fourth-order valence-corrected chi connectivity index (χ4v) is 6.96. The number of nitrogens with one attached hydrogen (secondary N) is 2. The number of fused-ring (bicyclic) bond motifs is 2. The zero-order chi connectivity index (χ0) is 24.0. The molecule has 0 bridgehead atoms. The van der Waals surface area contributed by atoms with Crippen LogP contribution in [0.1, 0.15) is 16.4 Å². The van der Waals surface area contributed by atoms with E-state index >= 15 is 0 Å². The summed E-state index contributed by atoms with van der Waals surface area (Å²) in [6.07, 6.45) is 0. The standard InChI is InChI=1S/C23H18FN3O5S2/c1-32-14-8-2-11(3-9-14)16-17-18(21(30)26-20(17)29)33-22-19(16)34-23(31)27(22)10-15(28)25-13-6-4-12(24)5-7-13/h2-9,16-18H,10H2,1H3,(H,25,28)(H,26,29,30)/t16-,17+,18-/m0/s1. The van der Waals surface area contributed by atoms with Gasteiger partial charge >= 0.3 is 4.87 Å². The van der Waals surface area contributed by atoms with Crippen molar-refractivity contribution in [3.05, 3.63) is 74.5 Å². The number of benzene rings is 2. The van der Waals surface area contributed by atoms with Crippen molar-refractivity contribution >= 4 is 46.5 Å². The van der Waals surface area contributed by atoms with Crippen molar-refractivity contribution in [1.82, 2.24) is 9.88 Å². The lowest BCUT2D eigenvalue weighted by Crippen LogP contribution is -2.32. The number of ether oxygens (including phenoxy) is 1. The van der Waals surface area contributed by atoms with E-state index in [9.17, 15) is 23.6 Å². The number of carbonyl (C=O) groups is 3. The molecule has 34 heavy (non-hydrogen) atoms. The van der Waals surface area contributed by atoms with Gasteiger partial charge in [-0.25, -0.2) is 4.39 Å². The van der Waals surface area contributed by atoms with Gasteiger partial charge in [0.25, 0.3) is 0 Å². The Morgan fingerprint density at radius 1 is 1.09 bits per heavy atom. The fraction of sp³-hybridized carbons (Fsp3) is 0.217. The molecule has 0 aliphatic carbocycles. The number of aromatic nitrogens is 1. The summed E-state index contributed by atoms with van der Waals surface area (Å²) in [6, 6.07) is 12.4. The number of thiazole rings is 1. The van der Waals surface area contributed by atoms with Crippen LogP contribution in [0.25, 0.3) is 0 Å². The van der Waals surface area contributed by atoms with Crippen molar-refractivity contribution in [2.75, 3.05) is 12.4 Å². The van der Waals surface area contributed by atoms with Crippen molar-refractivity contribution in [2.24, 2.45) is 5.92 Å². The van der Waals surface area contributed by atoms with E-state index in [1.165, 1.54) is 28.8 Å². The van der Waals surface area contributed by atoms with E-state index in [0.717, 1.165) is 28.7 Å². The third-order valence-corrected chi connectivity index (χ3v) is 8.41. The zero-order valence-electron chi connectivity index (χ0n) is 17.7. The lowest BCUT2D eigenvalue weighted by Gasteiger charge is -2.30. The smallest absolute Gasteiger partial charge is 0.308 e. The van der Waals surface area contributed by atoms with Gasteiger partial charge in [0.15, 0.2) is 0 Å². The fourth-order valence-electron chi connectivity index (χ4n) is 4.22. The minimum Gasteiger partial charge on any atom is -0.497 e. The van der Waals surface area contributed by atoms with E-state index < -0.39 is 34.7 Å². The summed E-state index contributed by atoms with van der Waals surface area (Å²) in [6.45, 7) is -0.280. The number of rotatable bonds is 5. The van der Waals surface area contributed by atoms with Gasteiger partial charge in [0.1, 0.15) is 23.4 Å². The molecule has 1 saturated heterocycles. The molecule has 3 amide bonds. The van der Waals surface area contributed by atoms with Crippen molar-refractivity contribution in [3.63, 3.8) is 0 Å². The number of imide groups is 1. The van der Waals surface area contributed by atoms with Crippen LogP contribution in [0, 0.1) is 11.7 Å². The highest BCUT2D eigenvalue weighted by molar-refractivity contribution is 8.00. The first-order chi connectivity index (χ1) is 16.4. The first-order valence-corrected chi connectivity index (χ1v) is 12.0. The predicted octanol–water partition coefficient (Wildman–Crippen LogP) is 2.58. The molecule has 2 aromatic carbocycles. The van der Waals surface area contributed by atoms with Gasteiger partial charge in [-0.3, -0.25) is 29.1 Å². The average Bonchev–Trinajstić information content (AvgIpc) is 3.29. The highest BCUT2D eigenvalue weighted by Gasteiger charge is 2.52. The topological polar surface area (TPSA) is 106 Å². The maximum absolute atomic E-state index is 13.1. The minimum atomic E-state index is -0.715. The molecule has 11 heteroatoms. The predicted molar refractivity (Wildman–Crippen MR) is 125 cm³/mol. The molecule has 8 nitrogen and oxygen atoms in total. The molecular weight excluding hydrogens is 481 g/mol.